The minimum Gasteiger partial charge on any atom is -0.466 e. The Balaban J connectivity index is 2.92. The first-order chi connectivity index (χ1) is 22.7. The summed E-state index contributed by atoms with van der Waals surface area (Å²) < 4.78 is 16.3. The molecule has 0 spiro atoms. The van der Waals surface area contributed by atoms with Gasteiger partial charge in [-0.1, -0.05) is 57.4 Å². The number of thioether (sulfide) groups is 1. The number of carbonyl (C=O) groups excluding carboxylic acids is 6. The van der Waals surface area contributed by atoms with Crippen molar-refractivity contribution in [1.29, 1.82) is 0 Å². The standard InChI is InChI=1S/C33H52N4O9S2Si/c1-11-24(36-30(41)25-20-48-26(35-25)19-34-32(43)46-33(5,6)7)29(40)37-28(21(2)3)31(42)45-23(14-12-13-16-47-22(4)38)18-27(39)44-15-17-49(8,9)10/h11-12,14,20-21,23,28H,13,15-19H2,1-10H3,(H,34,43)(H,36,41)(H,37,40)/b14-12+,24-11-/t23-,28+/m1/s1. The number of alkyl carbamates (subject to hydrolysis) is 1. The topological polar surface area (TPSA) is 179 Å². The van der Waals surface area contributed by atoms with E-state index in [1.54, 1.807) is 53.7 Å². The van der Waals surface area contributed by atoms with Gasteiger partial charge in [0.2, 0.25) is 0 Å². The Hall–Kier alpha value is -3.50. The van der Waals surface area contributed by atoms with Gasteiger partial charge in [0.1, 0.15) is 34.1 Å². The monoisotopic (exact) mass is 740 g/mol. The van der Waals surface area contributed by atoms with Crippen molar-refractivity contribution in [3.05, 3.63) is 40.0 Å². The Morgan fingerprint density at radius 1 is 1.10 bits per heavy atom. The largest absolute Gasteiger partial charge is 0.466 e. The van der Waals surface area contributed by atoms with Gasteiger partial charge < -0.3 is 30.2 Å². The van der Waals surface area contributed by atoms with E-state index < -0.39 is 61.6 Å². The van der Waals surface area contributed by atoms with Gasteiger partial charge in [-0.3, -0.25) is 19.2 Å². The first-order valence-corrected chi connectivity index (χ1v) is 21.6. The van der Waals surface area contributed by atoms with Gasteiger partial charge in [0.25, 0.3) is 11.8 Å². The number of aromatic nitrogens is 1. The number of amides is 3. The van der Waals surface area contributed by atoms with Crippen molar-refractivity contribution in [3.63, 3.8) is 0 Å². The maximum atomic E-state index is 13.4. The SMILES string of the molecule is C/C=C(\NC(=O)c1csc(CNC(=O)OC(C)(C)C)n1)C(=O)N[C@H](C(=O)O[C@H](/C=C/CCSC(C)=O)CC(=O)OCC[Si](C)(C)C)C(C)C. The molecule has 0 saturated heterocycles. The third-order valence-electron chi connectivity index (χ3n) is 6.25. The van der Waals surface area contributed by atoms with Crippen molar-refractivity contribution in [2.45, 2.75) is 111 Å². The van der Waals surface area contributed by atoms with Crippen molar-refractivity contribution < 1.29 is 43.0 Å². The quantitative estimate of drug-likeness (QED) is 0.0441. The molecule has 3 amide bonds. The molecule has 0 radical (unpaired) electrons. The number of nitrogens with zero attached hydrogens (tertiary/aromatic N) is 1. The molecule has 0 aliphatic rings. The Labute approximate surface area is 298 Å². The summed E-state index contributed by atoms with van der Waals surface area (Å²) >= 11 is 2.31. The Morgan fingerprint density at radius 2 is 1.78 bits per heavy atom. The highest BCUT2D eigenvalue weighted by Crippen LogP contribution is 2.15. The molecule has 0 fully saturated rings. The summed E-state index contributed by atoms with van der Waals surface area (Å²) in [6.07, 6.45) is 3.41. The van der Waals surface area contributed by atoms with Crippen molar-refractivity contribution in [2.75, 3.05) is 12.4 Å². The maximum Gasteiger partial charge on any atom is 0.408 e. The van der Waals surface area contributed by atoms with Crippen LogP contribution in [0.4, 0.5) is 4.79 Å². The zero-order valence-electron chi connectivity index (χ0n) is 30.2. The van der Waals surface area contributed by atoms with Crippen LogP contribution in [0.1, 0.15) is 76.8 Å². The molecule has 1 aromatic heterocycles. The highest BCUT2D eigenvalue weighted by atomic mass is 32.2. The van der Waals surface area contributed by atoms with E-state index >= 15 is 0 Å². The summed E-state index contributed by atoms with van der Waals surface area (Å²) in [4.78, 5) is 79.5. The molecule has 0 bridgehead atoms. The summed E-state index contributed by atoms with van der Waals surface area (Å²) in [5, 5.41) is 9.64. The van der Waals surface area contributed by atoms with Crippen LogP contribution in [0.2, 0.25) is 25.7 Å². The van der Waals surface area contributed by atoms with Gasteiger partial charge in [0.05, 0.1) is 19.6 Å². The van der Waals surface area contributed by atoms with Crippen LogP contribution in [-0.2, 0) is 39.9 Å². The van der Waals surface area contributed by atoms with Crippen LogP contribution >= 0.6 is 23.1 Å². The maximum absolute atomic E-state index is 13.4. The fourth-order valence-corrected chi connectivity index (χ4v) is 5.68. The van der Waals surface area contributed by atoms with Crippen molar-refractivity contribution >= 4 is 66.1 Å². The lowest BCUT2D eigenvalue weighted by Gasteiger charge is -2.24. The molecule has 16 heteroatoms. The predicted octanol–water partition coefficient (Wildman–Crippen LogP) is 5.35. The van der Waals surface area contributed by atoms with E-state index in [-0.39, 0.29) is 36.1 Å². The molecule has 3 N–H and O–H groups in total. The summed E-state index contributed by atoms with van der Waals surface area (Å²) in [6.45, 7) is 18.5. The number of hydrogen-bond donors (Lipinski definition) is 3. The van der Waals surface area contributed by atoms with Gasteiger partial charge in [0.15, 0.2) is 5.12 Å². The van der Waals surface area contributed by atoms with E-state index in [1.807, 2.05) is 0 Å². The van der Waals surface area contributed by atoms with Crippen LogP contribution in [0.25, 0.3) is 0 Å². The molecule has 0 aliphatic carbocycles. The zero-order valence-corrected chi connectivity index (χ0v) is 32.9. The highest BCUT2D eigenvalue weighted by molar-refractivity contribution is 8.13. The fraction of sp³-hybridized carbons (Fsp3) is 0.606. The average molecular weight is 741 g/mol. The third-order valence-corrected chi connectivity index (χ3v) is 9.65. The normalized spacial score (nSPS) is 13.4. The lowest BCUT2D eigenvalue weighted by atomic mass is 10.0. The highest BCUT2D eigenvalue weighted by Gasteiger charge is 2.30. The lowest BCUT2D eigenvalue weighted by molar-refractivity contribution is -0.156. The Morgan fingerprint density at radius 3 is 2.35 bits per heavy atom. The van der Waals surface area contributed by atoms with E-state index in [0.717, 1.165) is 29.1 Å². The second-order valence-electron chi connectivity index (χ2n) is 13.6. The number of rotatable bonds is 18. The van der Waals surface area contributed by atoms with Gasteiger partial charge in [-0.15, -0.1) is 11.3 Å². The number of hydrogen-bond acceptors (Lipinski definition) is 12. The van der Waals surface area contributed by atoms with Crippen molar-refractivity contribution in [2.24, 2.45) is 5.92 Å². The van der Waals surface area contributed by atoms with Gasteiger partial charge in [0, 0.05) is 26.1 Å². The molecule has 0 aromatic carbocycles. The fourth-order valence-electron chi connectivity index (χ4n) is 3.71. The van der Waals surface area contributed by atoms with Gasteiger partial charge >= 0.3 is 18.0 Å². The Kier molecular flexibility index (Phi) is 18.5. The van der Waals surface area contributed by atoms with Crippen LogP contribution in [0.5, 0.6) is 0 Å². The first-order valence-electron chi connectivity index (χ1n) is 16.1. The van der Waals surface area contributed by atoms with Crippen LogP contribution in [0, 0.1) is 5.92 Å². The molecule has 2 atom stereocenters. The summed E-state index contributed by atoms with van der Waals surface area (Å²) in [5.41, 5.74) is -0.746. The third kappa shape index (κ3) is 19.3. The predicted molar refractivity (Wildman–Crippen MR) is 194 cm³/mol. The molecule has 0 aliphatic heterocycles. The number of esters is 2. The van der Waals surface area contributed by atoms with Crippen molar-refractivity contribution in [3.8, 4) is 0 Å². The number of ether oxygens (including phenoxy) is 3. The van der Waals surface area contributed by atoms with Gasteiger partial charge in [-0.2, -0.15) is 0 Å². The molecule has 49 heavy (non-hydrogen) atoms. The van der Waals surface area contributed by atoms with E-state index in [0.29, 0.717) is 17.2 Å². The first kappa shape index (κ1) is 43.5. The summed E-state index contributed by atoms with van der Waals surface area (Å²) in [6, 6.07) is -0.321. The smallest absolute Gasteiger partial charge is 0.408 e. The minimum absolute atomic E-state index is 0.0153. The minimum atomic E-state index is -1.43. The molecule has 1 rings (SSSR count). The molecule has 13 nitrogen and oxygen atoms in total. The number of allylic oxidation sites excluding steroid dienone is 2. The van der Waals surface area contributed by atoms with E-state index in [2.05, 4.69) is 40.6 Å². The number of nitrogens with one attached hydrogen (secondary N) is 3. The van der Waals surface area contributed by atoms with Crippen LogP contribution < -0.4 is 16.0 Å². The summed E-state index contributed by atoms with van der Waals surface area (Å²) in [5.74, 6) is -2.56. The molecule has 1 aromatic rings. The van der Waals surface area contributed by atoms with Gasteiger partial charge in [-0.05, 0) is 52.2 Å². The van der Waals surface area contributed by atoms with Crippen molar-refractivity contribution in [1.82, 2.24) is 20.9 Å². The average Bonchev–Trinajstić information content (AvgIpc) is 3.44. The second-order valence-corrected chi connectivity index (χ2v) is 21.4. The van der Waals surface area contributed by atoms with Crippen LogP contribution in [-0.4, -0.2) is 78.1 Å². The van der Waals surface area contributed by atoms with E-state index in [9.17, 15) is 28.8 Å². The molecule has 274 valence electrons. The lowest BCUT2D eigenvalue weighted by Crippen LogP contribution is -2.48. The number of carbonyl (C=O) groups is 6. The second kappa shape index (κ2) is 20.9. The molecule has 0 saturated carbocycles. The van der Waals surface area contributed by atoms with E-state index in [4.69, 9.17) is 14.2 Å². The molecular weight excluding hydrogens is 689 g/mol. The van der Waals surface area contributed by atoms with Crippen LogP contribution in [0.15, 0.2) is 29.3 Å². The molecule has 0 unspecified atom stereocenters. The van der Waals surface area contributed by atoms with E-state index in [1.165, 1.54) is 18.4 Å². The molecular formula is C33H52N4O9S2Si. The van der Waals surface area contributed by atoms with Gasteiger partial charge in [-0.25, -0.2) is 14.6 Å². The van der Waals surface area contributed by atoms with Crippen LogP contribution in [0.3, 0.4) is 0 Å². The zero-order chi connectivity index (χ0) is 37.4. The summed E-state index contributed by atoms with van der Waals surface area (Å²) in [7, 11) is -1.43. The molecule has 1 heterocycles. The Bertz CT molecular complexity index is 1360. The number of thiazole rings is 1.